The molecule has 3 atom stereocenters. The summed E-state index contributed by atoms with van der Waals surface area (Å²) in [5.74, 6) is -0.554. The Balaban J connectivity index is 1.48. The summed E-state index contributed by atoms with van der Waals surface area (Å²) in [5.41, 5.74) is 2.12. The van der Waals surface area contributed by atoms with Gasteiger partial charge in [-0.05, 0) is 54.4 Å². The number of likely N-dealkylation sites (N-methyl/N-ethyl adjacent to an activating group) is 1. The molecular formula is C30H30ClF4N3O2S. The van der Waals surface area contributed by atoms with Crippen LogP contribution in [0.2, 0.25) is 5.02 Å². The van der Waals surface area contributed by atoms with Gasteiger partial charge in [-0.15, -0.1) is 0 Å². The molecule has 0 aromatic heterocycles. The Morgan fingerprint density at radius 3 is 2.37 bits per heavy atom. The van der Waals surface area contributed by atoms with Crippen LogP contribution in [0.3, 0.4) is 0 Å². The van der Waals surface area contributed by atoms with Gasteiger partial charge in [-0.25, -0.2) is 12.8 Å². The van der Waals surface area contributed by atoms with Gasteiger partial charge in [0.25, 0.3) is 0 Å². The zero-order valence-electron chi connectivity index (χ0n) is 22.5. The predicted octanol–water partition coefficient (Wildman–Crippen LogP) is 6.09. The number of alkyl halides is 3. The van der Waals surface area contributed by atoms with Crippen LogP contribution in [0, 0.1) is 12.7 Å². The monoisotopic (exact) mass is 607 g/mol. The van der Waals surface area contributed by atoms with E-state index < -0.39 is 32.5 Å². The van der Waals surface area contributed by atoms with Crippen LogP contribution in [0.25, 0.3) is 11.1 Å². The summed E-state index contributed by atoms with van der Waals surface area (Å²) in [4.78, 5) is 1.45. The van der Waals surface area contributed by atoms with Crippen LogP contribution < -0.4 is 5.32 Å². The van der Waals surface area contributed by atoms with Crippen molar-refractivity contribution in [1.29, 1.82) is 0 Å². The van der Waals surface area contributed by atoms with Gasteiger partial charge in [0, 0.05) is 44.2 Å². The fourth-order valence-corrected chi connectivity index (χ4v) is 7.77. The van der Waals surface area contributed by atoms with Gasteiger partial charge in [0.05, 0.1) is 15.5 Å². The normalized spacial score (nSPS) is 22.9. The summed E-state index contributed by atoms with van der Waals surface area (Å²) >= 11 is 6.13. The summed E-state index contributed by atoms with van der Waals surface area (Å²) < 4.78 is 83.6. The first-order valence-corrected chi connectivity index (χ1v) is 15.0. The Hall–Kier alpha value is -2.76. The molecule has 2 aliphatic heterocycles. The number of hydrogen-bond donors (Lipinski definition) is 1. The number of hydrogen-bond acceptors (Lipinski definition) is 4. The Kier molecular flexibility index (Phi) is 8.33. The summed E-state index contributed by atoms with van der Waals surface area (Å²) in [5, 5.41) is 3.29. The average Bonchev–Trinajstić information content (AvgIpc) is 2.92. The van der Waals surface area contributed by atoms with Gasteiger partial charge in [-0.3, -0.25) is 4.90 Å². The highest BCUT2D eigenvalue weighted by molar-refractivity contribution is 7.89. The molecule has 0 spiro atoms. The minimum atomic E-state index is -4.81. The molecule has 41 heavy (non-hydrogen) atoms. The Labute approximate surface area is 242 Å². The smallest absolute Gasteiger partial charge is 0.318 e. The Bertz CT molecular complexity index is 1560. The second kappa shape index (κ2) is 11.5. The van der Waals surface area contributed by atoms with E-state index in [0.29, 0.717) is 18.7 Å². The first-order valence-electron chi connectivity index (χ1n) is 13.2. The molecule has 3 aromatic carbocycles. The van der Waals surface area contributed by atoms with E-state index in [1.807, 2.05) is 37.4 Å². The minimum absolute atomic E-state index is 0.0220. The average molecular weight is 608 g/mol. The van der Waals surface area contributed by atoms with Crippen molar-refractivity contribution in [3.05, 3.63) is 100 Å². The Morgan fingerprint density at radius 2 is 1.68 bits per heavy atom. The number of benzene rings is 3. The fourth-order valence-electron chi connectivity index (χ4n) is 5.98. The van der Waals surface area contributed by atoms with Gasteiger partial charge in [0.15, 0.2) is 0 Å². The topological polar surface area (TPSA) is 52.7 Å². The number of halogens is 5. The van der Waals surface area contributed by atoms with Crippen LogP contribution in [0.5, 0.6) is 0 Å². The molecule has 5 nitrogen and oxygen atoms in total. The van der Waals surface area contributed by atoms with E-state index in [1.165, 1.54) is 18.2 Å². The SMILES string of the molecule is CNC[C@@H]1[C@@H](c2ccc(-c3ccc(F)c(Cl)c3C)cc2)C2CN(S(=O)(=O)c3ccccc3C(F)(F)F)C/C=C\CN21. The van der Waals surface area contributed by atoms with Gasteiger partial charge in [-0.2, -0.15) is 17.5 Å². The predicted molar refractivity (Wildman–Crippen MR) is 152 cm³/mol. The molecule has 0 radical (unpaired) electrons. The molecule has 2 heterocycles. The van der Waals surface area contributed by atoms with E-state index >= 15 is 0 Å². The highest BCUT2D eigenvalue weighted by Gasteiger charge is 2.50. The maximum absolute atomic E-state index is 13.9. The van der Waals surface area contributed by atoms with Crippen molar-refractivity contribution < 1.29 is 26.0 Å². The zero-order chi connectivity index (χ0) is 29.5. The number of rotatable bonds is 6. The van der Waals surface area contributed by atoms with Gasteiger partial charge in [0.2, 0.25) is 10.0 Å². The first-order chi connectivity index (χ1) is 19.4. The van der Waals surface area contributed by atoms with Gasteiger partial charge in [0.1, 0.15) is 5.82 Å². The van der Waals surface area contributed by atoms with Crippen LogP contribution in [-0.4, -0.2) is 62.9 Å². The lowest BCUT2D eigenvalue weighted by atomic mass is 9.74. The first kappa shape index (κ1) is 29.7. The van der Waals surface area contributed by atoms with E-state index in [9.17, 15) is 26.0 Å². The maximum atomic E-state index is 13.9. The van der Waals surface area contributed by atoms with Crippen molar-refractivity contribution in [2.24, 2.45) is 0 Å². The summed E-state index contributed by atoms with van der Waals surface area (Å²) in [6.45, 7) is 3.03. The van der Waals surface area contributed by atoms with Crippen molar-refractivity contribution in [2.75, 3.05) is 33.2 Å². The van der Waals surface area contributed by atoms with Crippen LogP contribution in [0.1, 0.15) is 22.6 Å². The lowest BCUT2D eigenvalue weighted by Crippen LogP contribution is -2.68. The molecule has 3 aromatic rings. The summed E-state index contributed by atoms with van der Waals surface area (Å²) in [7, 11) is -2.61. The third-order valence-electron chi connectivity index (χ3n) is 8.03. The molecule has 0 saturated carbocycles. The molecule has 2 aliphatic rings. The van der Waals surface area contributed by atoms with E-state index in [4.69, 9.17) is 11.6 Å². The van der Waals surface area contributed by atoms with Crippen molar-refractivity contribution in [1.82, 2.24) is 14.5 Å². The second-order valence-electron chi connectivity index (χ2n) is 10.4. The fraction of sp³-hybridized carbons (Fsp3) is 0.333. The molecule has 5 rings (SSSR count). The summed E-state index contributed by atoms with van der Waals surface area (Å²) in [6.07, 6.45) is -1.24. The van der Waals surface area contributed by atoms with Gasteiger partial charge >= 0.3 is 6.18 Å². The van der Waals surface area contributed by atoms with E-state index in [2.05, 4.69) is 10.2 Å². The van der Waals surface area contributed by atoms with Crippen molar-refractivity contribution in [3.8, 4) is 11.1 Å². The highest BCUT2D eigenvalue weighted by Crippen LogP contribution is 2.43. The van der Waals surface area contributed by atoms with Gasteiger partial charge in [-0.1, -0.05) is 66.2 Å². The highest BCUT2D eigenvalue weighted by atomic mass is 35.5. The number of nitrogens with zero attached hydrogens (tertiary/aromatic N) is 2. The molecule has 1 fully saturated rings. The standard InChI is InChI=1S/C30H30ClF4N3O2S/c1-19-22(13-14-24(32)29(19)31)20-9-11-21(12-10-20)28-25(17-36-2)38-16-6-5-15-37(18-26(28)38)41(39,40)27-8-4-3-7-23(27)30(33,34)35/h3-14,25-26,28,36H,15-18H2,1-2H3/b6-5-/t25-,26?,28-/m1/s1. The van der Waals surface area contributed by atoms with Crippen molar-refractivity contribution in [2.45, 2.75) is 36.0 Å². The maximum Gasteiger partial charge on any atom is 0.417 e. The van der Waals surface area contributed by atoms with E-state index in [1.54, 1.807) is 19.1 Å². The second-order valence-corrected chi connectivity index (χ2v) is 12.6. The molecule has 0 bridgehead atoms. The molecule has 1 N–H and O–H groups in total. The third-order valence-corrected chi connectivity index (χ3v) is 10.4. The molecule has 0 amide bonds. The molecule has 218 valence electrons. The van der Waals surface area contributed by atoms with Crippen molar-refractivity contribution in [3.63, 3.8) is 0 Å². The van der Waals surface area contributed by atoms with E-state index in [-0.39, 0.29) is 36.1 Å². The number of nitrogens with one attached hydrogen (secondary N) is 1. The van der Waals surface area contributed by atoms with Crippen LogP contribution in [-0.2, 0) is 16.2 Å². The Morgan fingerprint density at radius 1 is 1.00 bits per heavy atom. The van der Waals surface area contributed by atoms with Crippen LogP contribution in [0.15, 0.2) is 77.7 Å². The molecule has 1 unspecified atom stereocenters. The number of sulfonamides is 1. The third kappa shape index (κ3) is 5.56. The largest absolute Gasteiger partial charge is 0.417 e. The van der Waals surface area contributed by atoms with E-state index in [0.717, 1.165) is 33.1 Å². The quantitative estimate of drug-likeness (QED) is 0.272. The summed E-state index contributed by atoms with van der Waals surface area (Å²) in [6, 6.07) is 14.9. The molecular weight excluding hydrogens is 578 g/mol. The molecule has 1 saturated heterocycles. The lowest BCUT2D eigenvalue weighted by molar-refractivity contribution is -0.139. The van der Waals surface area contributed by atoms with Crippen molar-refractivity contribution >= 4 is 21.6 Å². The number of fused-ring (bicyclic) bond motifs is 1. The zero-order valence-corrected chi connectivity index (χ0v) is 24.1. The molecule has 11 heteroatoms. The lowest BCUT2D eigenvalue weighted by Gasteiger charge is -2.57. The molecule has 0 aliphatic carbocycles. The van der Waals surface area contributed by atoms with Crippen LogP contribution in [0.4, 0.5) is 17.6 Å². The minimum Gasteiger partial charge on any atom is -0.318 e. The van der Waals surface area contributed by atoms with Crippen LogP contribution >= 0.6 is 11.6 Å². The van der Waals surface area contributed by atoms with Gasteiger partial charge < -0.3 is 5.32 Å².